The van der Waals surface area contributed by atoms with E-state index in [-0.39, 0.29) is 40.6 Å². The van der Waals surface area contributed by atoms with E-state index in [1.807, 2.05) is 65.8 Å². The lowest BCUT2D eigenvalue weighted by atomic mass is 10.1. The van der Waals surface area contributed by atoms with Gasteiger partial charge in [-0.1, -0.05) is 73.9 Å². The van der Waals surface area contributed by atoms with Crippen LogP contribution in [0.5, 0.6) is 28.7 Å². The Morgan fingerprint density at radius 1 is 0.677 bits per heavy atom. The zero-order valence-electron chi connectivity index (χ0n) is 39.2. The van der Waals surface area contributed by atoms with E-state index in [2.05, 4.69) is 23.3 Å². The summed E-state index contributed by atoms with van der Waals surface area (Å²) in [6.07, 6.45) is 9.83. The van der Waals surface area contributed by atoms with Gasteiger partial charge in [0.05, 0.1) is 47.6 Å². The first-order valence-corrected chi connectivity index (χ1v) is 21.1. The van der Waals surface area contributed by atoms with Crippen LogP contribution in [-0.2, 0) is 41.8 Å². The number of hydrogen-bond donors (Lipinski definition) is 0. The maximum atomic E-state index is 11.9. The molecule has 0 saturated carbocycles. The summed E-state index contributed by atoms with van der Waals surface area (Å²) in [4.78, 5) is 35.3. The highest BCUT2D eigenvalue weighted by Gasteiger charge is 2.14. The Kier molecular flexibility index (Phi) is 34.1. The van der Waals surface area contributed by atoms with Crippen molar-refractivity contribution in [3.8, 4) is 34.8 Å². The highest BCUT2D eigenvalue weighted by molar-refractivity contribution is 6.92. The Morgan fingerprint density at radius 2 is 1.19 bits per heavy atom. The molecule has 0 fully saturated rings. The molecule has 3 aromatic rings. The van der Waals surface area contributed by atoms with E-state index >= 15 is 0 Å². The standard InChI is InChI=1S/C42H49NO11.C3H8.2C2H6.H3P/c1-7-29(2)41(45)52-19-11-9-8-10-18-51-35-22-32(27-53-36-15-12-30(24-38(36)47-3)14-17-40(44)49-5)20-33(23-35)28-54-37-16-13-31(25-39(37)48-4)21-34(26-43)42(46)50-6;1-3-2;2*1-2;/h12-17,20-25,29H,7-11,18-19,27-28H2,1-6H3;3H2,1-2H3;2*1-2H3;1H3/b17-14+,34-21+;;;;. The molecule has 0 amide bonds. The molecule has 0 bridgehead atoms. The number of hydrogen-bond acceptors (Lipinski definition) is 12. The van der Waals surface area contributed by atoms with E-state index in [1.54, 1.807) is 42.5 Å². The highest BCUT2D eigenvalue weighted by atomic mass is 31.0. The van der Waals surface area contributed by atoms with Crippen molar-refractivity contribution < 1.29 is 52.3 Å². The Balaban J connectivity index is 0. The van der Waals surface area contributed by atoms with E-state index in [0.717, 1.165) is 48.8 Å². The van der Waals surface area contributed by atoms with Crippen molar-refractivity contribution in [1.82, 2.24) is 0 Å². The maximum absolute atomic E-state index is 11.9. The number of esters is 3. The van der Waals surface area contributed by atoms with Gasteiger partial charge in [0.2, 0.25) is 0 Å². The van der Waals surface area contributed by atoms with Crippen LogP contribution >= 0.6 is 9.90 Å². The summed E-state index contributed by atoms with van der Waals surface area (Å²) in [7, 11) is 5.57. The van der Waals surface area contributed by atoms with Crippen molar-refractivity contribution >= 4 is 40.0 Å². The Hall–Kier alpha value is -5.53. The normalized spacial score (nSPS) is 10.6. The van der Waals surface area contributed by atoms with Crippen molar-refractivity contribution in [2.75, 3.05) is 41.7 Å². The third-order valence-corrected chi connectivity index (χ3v) is 8.21. The van der Waals surface area contributed by atoms with Crippen LogP contribution in [0.25, 0.3) is 12.2 Å². The van der Waals surface area contributed by atoms with Crippen molar-refractivity contribution in [1.29, 1.82) is 5.26 Å². The molecular formula is C49H72NO11P. The van der Waals surface area contributed by atoms with Gasteiger partial charge in [0.1, 0.15) is 30.6 Å². The van der Waals surface area contributed by atoms with Crippen LogP contribution in [0, 0.1) is 17.2 Å². The van der Waals surface area contributed by atoms with E-state index in [4.69, 9.17) is 28.4 Å². The summed E-state index contributed by atoms with van der Waals surface area (Å²) >= 11 is 0. The molecule has 0 saturated heterocycles. The highest BCUT2D eigenvalue weighted by Crippen LogP contribution is 2.32. The van der Waals surface area contributed by atoms with Crippen LogP contribution in [0.15, 0.2) is 66.2 Å². The molecule has 0 aliphatic carbocycles. The number of carbonyl (C=O) groups is 3. The summed E-state index contributed by atoms with van der Waals surface area (Å²) in [5.41, 5.74) is 2.79. The molecule has 0 heterocycles. The van der Waals surface area contributed by atoms with Gasteiger partial charge in [0, 0.05) is 6.08 Å². The number of methoxy groups -OCH3 is 4. The summed E-state index contributed by atoms with van der Waals surface area (Å²) in [6.45, 7) is 17.4. The molecule has 2 unspecified atom stereocenters. The van der Waals surface area contributed by atoms with Crippen LogP contribution in [0.1, 0.15) is 116 Å². The van der Waals surface area contributed by atoms with Gasteiger partial charge in [-0.25, -0.2) is 9.59 Å². The first-order valence-electron chi connectivity index (χ1n) is 21.1. The maximum Gasteiger partial charge on any atom is 0.348 e. The van der Waals surface area contributed by atoms with Crippen molar-refractivity contribution in [2.24, 2.45) is 5.92 Å². The number of nitriles is 1. The summed E-state index contributed by atoms with van der Waals surface area (Å²) in [6, 6.07) is 18.0. The lowest BCUT2D eigenvalue weighted by Gasteiger charge is -2.15. The fourth-order valence-corrected chi connectivity index (χ4v) is 4.98. The minimum Gasteiger partial charge on any atom is -0.494 e. The number of unbranched alkanes of at least 4 members (excludes halogenated alkanes) is 3. The molecule has 0 aromatic heterocycles. The molecule has 2 atom stereocenters. The molecular weight excluding hydrogens is 810 g/mol. The average Bonchev–Trinajstić information content (AvgIpc) is 3.30. The van der Waals surface area contributed by atoms with Gasteiger partial charge < -0.3 is 37.9 Å². The molecule has 62 heavy (non-hydrogen) atoms. The Labute approximate surface area is 374 Å². The van der Waals surface area contributed by atoms with E-state index in [0.29, 0.717) is 47.5 Å². The largest absolute Gasteiger partial charge is 0.494 e. The minimum absolute atomic E-state index is 0. The Bertz CT molecular complexity index is 1830. The number of rotatable bonds is 22. The summed E-state index contributed by atoms with van der Waals surface area (Å²) in [5.74, 6) is 1.09. The lowest BCUT2D eigenvalue weighted by molar-refractivity contribution is -0.148. The van der Waals surface area contributed by atoms with Gasteiger partial charge in [0.15, 0.2) is 23.0 Å². The monoisotopic (exact) mass is 881 g/mol. The van der Waals surface area contributed by atoms with Gasteiger partial charge in [-0.3, -0.25) is 4.79 Å². The molecule has 12 nitrogen and oxygen atoms in total. The first-order chi connectivity index (χ1) is 29.5. The molecule has 0 aliphatic heterocycles. The van der Waals surface area contributed by atoms with Crippen LogP contribution in [-0.4, -0.2) is 59.6 Å². The van der Waals surface area contributed by atoms with Gasteiger partial charge in [-0.15, -0.1) is 0 Å². The third kappa shape index (κ3) is 22.9. The number of benzene rings is 3. The van der Waals surface area contributed by atoms with Crippen LogP contribution in [0.2, 0.25) is 0 Å². The lowest BCUT2D eigenvalue weighted by Crippen LogP contribution is -2.14. The van der Waals surface area contributed by atoms with Crippen molar-refractivity contribution in [3.63, 3.8) is 0 Å². The van der Waals surface area contributed by atoms with E-state index < -0.39 is 11.9 Å². The smallest absolute Gasteiger partial charge is 0.348 e. The van der Waals surface area contributed by atoms with Gasteiger partial charge >= 0.3 is 17.9 Å². The third-order valence-electron chi connectivity index (χ3n) is 8.21. The molecule has 0 N–H and O–H groups in total. The summed E-state index contributed by atoms with van der Waals surface area (Å²) < 4.78 is 44.3. The second kappa shape index (κ2) is 36.2. The van der Waals surface area contributed by atoms with Gasteiger partial charge in [-0.05, 0) is 109 Å². The van der Waals surface area contributed by atoms with Gasteiger partial charge in [0.25, 0.3) is 0 Å². The van der Waals surface area contributed by atoms with Crippen molar-refractivity contribution in [2.45, 2.75) is 107 Å². The molecule has 344 valence electrons. The second-order valence-corrected chi connectivity index (χ2v) is 12.8. The minimum atomic E-state index is -0.735. The number of ether oxygens (including phenoxy) is 8. The van der Waals surface area contributed by atoms with Crippen LogP contribution in [0.3, 0.4) is 0 Å². The zero-order chi connectivity index (χ0) is 46.0. The molecule has 13 heteroatoms. The predicted octanol–water partition coefficient (Wildman–Crippen LogP) is 11.2. The molecule has 3 rings (SSSR count). The molecule has 3 aromatic carbocycles. The van der Waals surface area contributed by atoms with E-state index in [9.17, 15) is 19.6 Å². The average molecular weight is 882 g/mol. The van der Waals surface area contributed by atoms with Crippen LogP contribution < -0.4 is 23.7 Å². The SMILES string of the molecule is CC.CC.CCC.CCC(C)C(=O)OCCCCCCOc1cc(COc2ccc(/C=C/C(=O)OC)cc2OC)cc(COc2ccc(/C=C(\C#N)C(=O)OC)cc2OC)c1.P. The quantitative estimate of drug-likeness (QED) is 0.0236. The van der Waals surface area contributed by atoms with Crippen molar-refractivity contribution in [3.05, 3.63) is 88.5 Å². The fraction of sp³-hybridized carbons (Fsp3) is 0.469. The van der Waals surface area contributed by atoms with E-state index in [1.165, 1.54) is 47.0 Å². The molecule has 0 radical (unpaired) electrons. The van der Waals surface area contributed by atoms with Gasteiger partial charge in [-0.2, -0.15) is 15.2 Å². The number of nitrogens with zero attached hydrogens (tertiary/aromatic N) is 1. The predicted molar refractivity (Wildman–Crippen MR) is 252 cm³/mol. The van der Waals surface area contributed by atoms with Crippen LogP contribution in [0.4, 0.5) is 0 Å². The number of carbonyl (C=O) groups excluding carboxylic acids is 3. The molecule has 0 aliphatic rings. The molecule has 0 spiro atoms. The second-order valence-electron chi connectivity index (χ2n) is 12.8. The Morgan fingerprint density at radius 3 is 1.68 bits per heavy atom. The zero-order valence-corrected chi connectivity index (χ0v) is 40.6. The topological polar surface area (TPSA) is 149 Å². The fourth-order valence-electron chi connectivity index (χ4n) is 4.98. The first kappa shape index (κ1) is 58.6. The summed E-state index contributed by atoms with van der Waals surface area (Å²) in [5, 5.41) is 9.33.